The molecule has 0 spiro atoms. The second-order valence-electron chi connectivity index (χ2n) is 4.33. The van der Waals surface area contributed by atoms with Gasteiger partial charge >= 0.3 is 0 Å². The maximum Gasteiger partial charge on any atom is 0.288 e. The highest BCUT2D eigenvalue weighted by molar-refractivity contribution is 6.32. The smallest absolute Gasteiger partial charge is 0.288 e. The lowest BCUT2D eigenvalue weighted by Crippen LogP contribution is -2.26. The molecule has 0 amide bonds. The lowest BCUT2D eigenvalue weighted by atomic mass is 10.2. The third-order valence-corrected chi connectivity index (χ3v) is 3.24. The zero-order valence-corrected chi connectivity index (χ0v) is 10.1. The monoisotopic (exact) mass is 255 g/mol. The fourth-order valence-corrected chi connectivity index (χ4v) is 2.25. The molecule has 1 fully saturated rings. The van der Waals surface area contributed by atoms with E-state index in [0.29, 0.717) is 6.54 Å². The van der Waals surface area contributed by atoms with Crippen LogP contribution < -0.4 is 5.73 Å². The molecule has 5 nitrogen and oxygen atoms in total. The molecule has 0 aromatic heterocycles. The van der Waals surface area contributed by atoms with Gasteiger partial charge in [0.25, 0.3) is 5.69 Å². The van der Waals surface area contributed by atoms with Crippen LogP contribution in [0.15, 0.2) is 18.2 Å². The second-order valence-corrected chi connectivity index (χ2v) is 4.73. The van der Waals surface area contributed by atoms with Crippen molar-refractivity contribution in [3.8, 4) is 0 Å². The van der Waals surface area contributed by atoms with Crippen LogP contribution in [0.4, 0.5) is 5.69 Å². The maximum absolute atomic E-state index is 10.8. The molecule has 1 aliphatic rings. The summed E-state index contributed by atoms with van der Waals surface area (Å²) in [4.78, 5) is 12.5. The van der Waals surface area contributed by atoms with Crippen LogP contribution in [0.2, 0.25) is 5.02 Å². The largest absolute Gasteiger partial charge is 0.326 e. The topological polar surface area (TPSA) is 72.4 Å². The molecule has 92 valence electrons. The van der Waals surface area contributed by atoms with Crippen molar-refractivity contribution >= 4 is 17.3 Å². The van der Waals surface area contributed by atoms with Crippen LogP contribution in [0.1, 0.15) is 12.0 Å². The number of rotatable bonds is 3. The van der Waals surface area contributed by atoms with Crippen molar-refractivity contribution in [1.82, 2.24) is 4.90 Å². The molecule has 0 saturated carbocycles. The van der Waals surface area contributed by atoms with Crippen molar-refractivity contribution in [2.45, 2.75) is 19.0 Å². The minimum atomic E-state index is -0.457. The summed E-state index contributed by atoms with van der Waals surface area (Å²) in [6, 6.07) is 5.15. The molecule has 2 rings (SSSR count). The summed E-state index contributed by atoms with van der Waals surface area (Å²) < 4.78 is 0. The summed E-state index contributed by atoms with van der Waals surface area (Å²) in [5, 5.41) is 10.9. The van der Waals surface area contributed by atoms with Gasteiger partial charge in [0.1, 0.15) is 5.02 Å². The van der Waals surface area contributed by atoms with Crippen LogP contribution in [0.25, 0.3) is 0 Å². The van der Waals surface area contributed by atoms with Crippen molar-refractivity contribution in [2.75, 3.05) is 13.1 Å². The van der Waals surface area contributed by atoms with Crippen molar-refractivity contribution in [3.05, 3.63) is 38.9 Å². The molecule has 0 radical (unpaired) electrons. The number of nitrogens with two attached hydrogens (primary N) is 1. The molecule has 1 aromatic rings. The number of nitrogens with zero attached hydrogens (tertiary/aromatic N) is 2. The van der Waals surface area contributed by atoms with Gasteiger partial charge in [0, 0.05) is 31.7 Å². The summed E-state index contributed by atoms with van der Waals surface area (Å²) in [7, 11) is 0. The summed E-state index contributed by atoms with van der Waals surface area (Å²) >= 11 is 5.76. The Kier molecular flexibility index (Phi) is 3.61. The van der Waals surface area contributed by atoms with E-state index in [2.05, 4.69) is 4.90 Å². The Morgan fingerprint density at radius 1 is 1.59 bits per heavy atom. The Morgan fingerprint density at radius 3 is 2.94 bits per heavy atom. The quantitative estimate of drug-likeness (QED) is 0.660. The normalized spacial score (nSPS) is 20.7. The first-order chi connectivity index (χ1) is 8.06. The molecule has 6 heteroatoms. The lowest BCUT2D eigenvalue weighted by molar-refractivity contribution is -0.384. The Hall–Kier alpha value is -1.17. The van der Waals surface area contributed by atoms with Crippen molar-refractivity contribution < 1.29 is 4.92 Å². The molecule has 1 unspecified atom stereocenters. The van der Waals surface area contributed by atoms with Gasteiger partial charge in [0.15, 0.2) is 0 Å². The predicted molar refractivity (Wildman–Crippen MR) is 66.0 cm³/mol. The van der Waals surface area contributed by atoms with Crippen LogP contribution >= 0.6 is 11.6 Å². The standard InChI is InChI=1S/C11H14ClN3O2/c12-10-2-1-8(5-11(10)15(16)17)6-14-4-3-9(13)7-14/h1-2,5,9H,3-4,6-7,13H2. The number of nitro groups is 1. The number of nitro benzene ring substituents is 1. The molecule has 1 aromatic carbocycles. The summed E-state index contributed by atoms with van der Waals surface area (Å²) in [6.07, 6.45) is 0.982. The summed E-state index contributed by atoms with van der Waals surface area (Å²) in [5.41, 5.74) is 6.67. The second kappa shape index (κ2) is 5.00. The van der Waals surface area contributed by atoms with E-state index in [1.54, 1.807) is 6.07 Å². The van der Waals surface area contributed by atoms with Gasteiger partial charge in [-0.2, -0.15) is 0 Å². The lowest BCUT2D eigenvalue weighted by Gasteiger charge is -2.14. The van der Waals surface area contributed by atoms with E-state index in [4.69, 9.17) is 17.3 Å². The Balaban J connectivity index is 2.11. The van der Waals surface area contributed by atoms with E-state index in [0.717, 1.165) is 25.1 Å². The van der Waals surface area contributed by atoms with Crippen LogP contribution in [-0.2, 0) is 6.54 Å². The van der Waals surface area contributed by atoms with Gasteiger partial charge in [-0.3, -0.25) is 15.0 Å². The summed E-state index contributed by atoms with van der Waals surface area (Å²) in [5.74, 6) is 0. The molecule has 1 saturated heterocycles. The van der Waals surface area contributed by atoms with Gasteiger partial charge in [0.2, 0.25) is 0 Å². The zero-order chi connectivity index (χ0) is 12.4. The molecular weight excluding hydrogens is 242 g/mol. The minimum absolute atomic E-state index is 0.0346. The number of benzene rings is 1. The van der Waals surface area contributed by atoms with E-state index in [-0.39, 0.29) is 16.8 Å². The number of halogens is 1. The Labute approximate surface area is 104 Å². The average molecular weight is 256 g/mol. The average Bonchev–Trinajstić information content (AvgIpc) is 2.66. The maximum atomic E-state index is 10.8. The van der Waals surface area contributed by atoms with Crippen molar-refractivity contribution in [1.29, 1.82) is 0 Å². The molecule has 1 aliphatic heterocycles. The molecule has 17 heavy (non-hydrogen) atoms. The van der Waals surface area contributed by atoms with E-state index >= 15 is 0 Å². The fourth-order valence-electron chi connectivity index (χ4n) is 2.06. The first-order valence-electron chi connectivity index (χ1n) is 5.47. The molecule has 2 N–H and O–H groups in total. The van der Waals surface area contributed by atoms with Crippen LogP contribution in [0.3, 0.4) is 0 Å². The molecule has 1 atom stereocenters. The van der Waals surface area contributed by atoms with E-state index in [1.165, 1.54) is 6.07 Å². The first-order valence-corrected chi connectivity index (χ1v) is 5.85. The Bertz CT molecular complexity index is 439. The van der Waals surface area contributed by atoms with Gasteiger partial charge in [-0.1, -0.05) is 17.7 Å². The SMILES string of the molecule is NC1CCN(Cc2ccc(Cl)c([N+](=O)[O-])c2)C1. The van der Waals surface area contributed by atoms with Gasteiger partial charge < -0.3 is 5.73 Å². The van der Waals surface area contributed by atoms with Gasteiger partial charge in [-0.05, 0) is 18.1 Å². The van der Waals surface area contributed by atoms with Gasteiger partial charge in [0.05, 0.1) is 4.92 Å². The van der Waals surface area contributed by atoms with Crippen LogP contribution in [0.5, 0.6) is 0 Å². The molecule has 0 bridgehead atoms. The highest BCUT2D eigenvalue weighted by Gasteiger charge is 2.20. The molecule has 1 heterocycles. The van der Waals surface area contributed by atoms with Crippen LogP contribution in [-0.4, -0.2) is 29.0 Å². The minimum Gasteiger partial charge on any atom is -0.326 e. The fraction of sp³-hybridized carbons (Fsp3) is 0.455. The Morgan fingerprint density at radius 2 is 2.35 bits per heavy atom. The number of hydrogen-bond acceptors (Lipinski definition) is 4. The van der Waals surface area contributed by atoms with Crippen molar-refractivity contribution in [3.63, 3.8) is 0 Å². The van der Waals surface area contributed by atoms with E-state index in [9.17, 15) is 10.1 Å². The first kappa shape index (κ1) is 12.3. The zero-order valence-electron chi connectivity index (χ0n) is 9.30. The van der Waals surface area contributed by atoms with E-state index in [1.807, 2.05) is 6.07 Å². The third-order valence-electron chi connectivity index (χ3n) is 2.92. The van der Waals surface area contributed by atoms with Gasteiger partial charge in [-0.25, -0.2) is 0 Å². The summed E-state index contributed by atoms with van der Waals surface area (Å²) in [6.45, 7) is 2.47. The highest BCUT2D eigenvalue weighted by atomic mass is 35.5. The number of hydrogen-bond donors (Lipinski definition) is 1. The van der Waals surface area contributed by atoms with E-state index < -0.39 is 4.92 Å². The van der Waals surface area contributed by atoms with Gasteiger partial charge in [-0.15, -0.1) is 0 Å². The molecular formula is C11H14ClN3O2. The third kappa shape index (κ3) is 2.94. The predicted octanol–water partition coefficient (Wildman–Crippen LogP) is 1.78. The number of likely N-dealkylation sites (tertiary alicyclic amines) is 1. The molecule has 0 aliphatic carbocycles. The van der Waals surface area contributed by atoms with Crippen LogP contribution in [0, 0.1) is 10.1 Å². The highest BCUT2D eigenvalue weighted by Crippen LogP contribution is 2.26. The van der Waals surface area contributed by atoms with Crippen molar-refractivity contribution in [2.24, 2.45) is 5.73 Å².